The molecule has 0 radical (unpaired) electrons. The van der Waals surface area contributed by atoms with Crippen LogP contribution in [-0.2, 0) is 0 Å². The van der Waals surface area contributed by atoms with E-state index in [9.17, 15) is 0 Å². The molecule has 0 bridgehead atoms. The maximum Gasteiger partial charge on any atom is -0.00202 e. The summed E-state index contributed by atoms with van der Waals surface area (Å²) >= 11 is 0. The van der Waals surface area contributed by atoms with Gasteiger partial charge in [0.15, 0.2) is 0 Å². The molecule has 0 unspecified atom stereocenters. The van der Waals surface area contributed by atoms with Crippen molar-refractivity contribution in [2.24, 2.45) is 0 Å². The predicted octanol–water partition coefficient (Wildman–Crippen LogP) is 9.55. The summed E-state index contributed by atoms with van der Waals surface area (Å²) in [6, 6.07) is 50.6. The second kappa shape index (κ2) is 8.25. The summed E-state index contributed by atoms with van der Waals surface area (Å²) in [5, 5.41) is 20.5. The molecule has 9 aromatic rings. The van der Waals surface area contributed by atoms with Gasteiger partial charge in [-0.1, -0.05) is 139 Å². The van der Waals surface area contributed by atoms with Crippen molar-refractivity contribution in [1.82, 2.24) is 0 Å². The van der Waals surface area contributed by atoms with E-state index in [1.54, 1.807) is 0 Å². The highest BCUT2D eigenvalue weighted by Gasteiger charge is 2.24. The smallest absolute Gasteiger partial charge is 0.00202 e. The maximum atomic E-state index is 2.41. The van der Waals surface area contributed by atoms with E-state index >= 15 is 0 Å². The summed E-state index contributed by atoms with van der Waals surface area (Å²) in [7, 11) is -0.813. The van der Waals surface area contributed by atoms with E-state index in [2.05, 4.69) is 140 Å². The molecule has 1 heteroatoms. The van der Waals surface area contributed by atoms with Gasteiger partial charge in [-0.25, -0.2) is 0 Å². The average molecular weight is 525 g/mol. The number of hydrogen-bond acceptors (Lipinski definition) is 0. The standard InChI is InChI=1S/C39H25P/c1-24-8-18-31(19-9-24)40(34-22-16-29-12-10-25-4-2-6-27-14-20-32(34)38(29)36(25)27)35-23-17-30-13-11-26-5-3-7-28-15-21-33(35)39(30)37(26)28/h2-23H,1H3. The molecule has 9 rings (SSSR count). The zero-order chi connectivity index (χ0) is 26.4. The van der Waals surface area contributed by atoms with Gasteiger partial charge in [-0.3, -0.25) is 0 Å². The van der Waals surface area contributed by atoms with E-state index in [1.165, 1.54) is 86.1 Å². The van der Waals surface area contributed by atoms with Gasteiger partial charge in [0.05, 0.1) is 0 Å². The highest BCUT2D eigenvalue weighted by Crippen LogP contribution is 2.44. The molecule has 0 amide bonds. The molecule has 40 heavy (non-hydrogen) atoms. The minimum atomic E-state index is -0.813. The summed E-state index contributed by atoms with van der Waals surface area (Å²) in [6.45, 7) is 2.18. The van der Waals surface area contributed by atoms with Gasteiger partial charge in [-0.05, 0) is 95.4 Å². The zero-order valence-electron chi connectivity index (χ0n) is 22.1. The molecule has 0 nitrogen and oxygen atoms in total. The van der Waals surface area contributed by atoms with E-state index in [0.717, 1.165) is 0 Å². The van der Waals surface area contributed by atoms with Crippen LogP contribution in [0.1, 0.15) is 5.56 Å². The van der Waals surface area contributed by atoms with Crippen LogP contribution in [0, 0.1) is 6.92 Å². The van der Waals surface area contributed by atoms with Crippen LogP contribution in [0.2, 0.25) is 0 Å². The molecule has 0 saturated heterocycles. The van der Waals surface area contributed by atoms with Crippen molar-refractivity contribution >= 4 is 88.5 Å². The monoisotopic (exact) mass is 524 g/mol. The highest BCUT2D eigenvalue weighted by atomic mass is 31.1. The van der Waals surface area contributed by atoms with Gasteiger partial charge in [0.1, 0.15) is 0 Å². The van der Waals surface area contributed by atoms with E-state index in [1.807, 2.05) is 0 Å². The first-order valence-corrected chi connectivity index (χ1v) is 15.3. The van der Waals surface area contributed by atoms with Gasteiger partial charge in [0.2, 0.25) is 0 Å². The van der Waals surface area contributed by atoms with E-state index < -0.39 is 7.92 Å². The summed E-state index contributed by atoms with van der Waals surface area (Å²) in [4.78, 5) is 0. The lowest BCUT2D eigenvalue weighted by Crippen LogP contribution is -2.22. The van der Waals surface area contributed by atoms with Crippen LogP contribution < -0.4 is 15.9 Å². The molecule has 0 saturated carbocycles. The molecule has 186 valence electrons. The van der Waals surface area contributed by atoms with Crippen molar-refractivity contribution in [3.63, 3.8) is 0 Å². The quantitative estimate of drug-likeness (QED) is 0.159. The molecular formula is C39H25P. The van der Waals surface area contributed by atoms with Crippen molar-refractivity contribution in [2.75, 3.05) is 0 Å². The Kier molecular flexibility index (Phi) is 4.60. The lowest BCUT2D eigenvalue weighted by Gasteiger charge is -2.25. The van der Waals surface area contributed by atoms with Gasteiger partial charge in [-0.2, -0.15) is 0 Å². The fourth-order valence-electron chi connectivity index (χ4n) is 6.93. The fourth-order valence-corrected chi connectivity index (χ4v) is 9.50. The van der Waals surface area contributed by atoms with Crippen molar-refractivity contribution in [3.05, 3.63) is 139 Å². The Morgan fingerprint density at radius 2 is 0.725 bits per heavy atom. The lowest BCUT2D eigenvalue weighted by molar-refractivity contribution is 1.49. The average Bonchev–Trinajstić information content (AvgIpc) is 3.01. The van der Waals surface area contributed by atoms with Crippen molar-refractivity contribution in [2.45, 2.75) is 6.92 Å². The predicted molar refractivity (Wildman–Crippen MR) is 177 cm³/mol. The number of hydrogen-bond donors (Lipinski definition) is 0. The van der Waals surface area contributed by atoms with Crippen LogP contribution in [0.25, 0.3) is 64.6 Å². The van der Waals surface area contributed by atoms with Crippen LogP contribution >= 0.6 is 7.92 Å². The Morgan fingerprint density at radius 1 is 0.350 bits per heavy atom. The largest absolute Gasteiger partial charge is 0.0610 e. The Hall–Kier alpha value is -4.51. The minimum Gasteiger partial charge on any atom is -0.0610 e. The second-order valence-electron chi connectivity index (χ2n) is 11.1. The Labute approximate surface area is 233 Å². The molecule has 0 heterocycles. The third-order valence-corrected chi connectivity index (χ3v) is 11.3. The van der Waals surface area contributed by atoms with Gasteiger partial charge in [0.25, 0.3) is 0 Å². The van der Waals surface area contributed by atoms with Crippen LogP contribution in [-0.4, -0.2) is 0 Å². The van der Waals surface area contributed by atoms with Crippen LogP contribution in [0.3, 0.4) is 0 Å². The second-order valence-corrected chi connectivity index (χ2v) is 13.2. The molecule has 0 atom stereocenters. The summed E-state index contributed by atoms with van der Waals surface area (Å²) in [5.74, 6) is 0. The molecule has 0 aliphatic carbocycles. The van der Waals surface area contributed by atoms with E-state index in [0.29, 0.717) is 0 Å². The number of benzene rings is 9. The molecule has 0 spiro atoms. The molecule has 0 aliphatic heterocycles. The third kappa shape index (κ3) is 3.06. The Balaban J connectivity index is 1.42. The number of rotatable bonds is 3. The van der Waals surface area contributed by atoms with Gasteiger partial charge >= 0.3 is 0 Å². The van der Waals surface area contributed by atoms with E-state index in [4.69, 9.17) is 0 Å². The maximum absolute atomic E-state index is 2.41. The first-order chi connectivity index (χ1) is 19.7. The molecule has 9 aromatic carbocycles. The molecular weight excluding hydrogens is 499 g/mol. The van der Waals surface area contributed by atoms with Crippen LogP contribution in [0.15, 0.2) is 133 Å². The Morgan fingerprint density at radius 3 is 1.18 bits per heavy atom. The first-order valence-electron chi connectivity index (χ1n) is 13.9. The summed E-state index contributed by atoms with van der Waals surface area (Å²) in [6.07, 6.45) is 0. The highest BCUT2D eigenvalue weighted by molar-refractivity contribution is 7.80. The van der Waals surface area contributed by atoms with Gasteiger partial charge < -0.3 is 0 Å². The van der Waals surface area contributed by atoms with Gasteiger partial charge in [-0.15, -0.1) is 0 Å². The van der Waals surface area contributed by atoms with Crippen molar-refractivity contribution in [1.29, 1.82) is 0 Å². The Bertz CT molecular complexity index is 2200. The van der Waals surface area contributed by atoms with E-state index in [-0.39, 0.29) is 0 Å². The van der Waals surface area contributed by atoms with Gasteiger partial charge in [0, 0.05) is 0 Å². The minimum absolute atomic E-state index is 0.813. The molecule has 0 N–H and O–H groups in total. The normalized spacial score (nSPS) is 12.3. The number of aryl methyl sites for hydroxylation is 1. The summed E-state index contributed by atoms with van der Waals surface area (Å²) in [5.41, 5.74) is 1.30. The van der Waals surface area contributed by atoms with Crippen molar-refractivity contribution in [3.8, 4) is 0 Å². The third-order valence-electron chi connectivity index (χ3n) is 8.79. The molecule has 0 aliphatic rings. The van der Waals surface area contributed by atoms with Crippen LogP contribution in [0.5, 0.6) is 0 Å². The van der Waals surface area contributed by atoms with Crippen LogP contribution in [0.4, 0.5) is 0 Å². The lowest BCUT2D eigenvalue weighted by atomic mass is 9.94. The van der Waals surface area contributed by atoms with Crippen molar-refractivity contribution < 1.29 is 0 Å². The summed E-state index contributed by atoms with van der Waals surface area (Å²) < 4.78 is 0. The molecule has 0 fully saturated rings. The fraction of sp³-hybridized carbons (Fsp3) is 0.0256. The zero-order valence-corrected chi connectivity index (χ0v) is 23.0. The SMILES string of the molecule is Cc1ccc(P(c2ccc3ccc4cccc5ccc2c3c45)c2ccc3ccc4cccc5ccc2c3c45)cc1. The first kappa shape index (κ1) is 22.3. The molecule has 0 aromatic heterocycles. The topological polar surface area (TPSA) is 0 Å².